The largest absolute Gasteiger partial charge is 0.342 e. The molecule has 1 fully saturated rings. The lowest BCUT2D eigenvalue weighted by Crippen LogP contribution is -2.27. The van der Waals surface area contributed by atoms with Crippen molar-refractivity contribution in [1.82, 2.24) is 4.57 Å². The highest BCUT2D eigenvalue weighted by atomic mass is 35.5. The summed E-state index contributed by atoms with van der Waals surface area (Å²) in [5.74, 6) is -0.882. The lowest BCUT2D eigenvalue weighted by Gasteiger charge is -2.14. The molecule has 0 atom stereocenters. The van der Waals surface area contributed by atoms with Crippen molar-refractivity contribution >= 4 is 74.2 Å². The molecule has 3 aromatic carbocycles. The zero-order chi connectivity index (χ0) is 24.7. The predicted octanol–water partition coefficient (Wildman–Crippen LogP) is 6.80. The molecular weight excluding hydrogens is 509 g/mol. The number of carbonyl (C=O) groups is 1. The SMILES string of the molecule is O=C1/C(=C/c2cn(Cc3ccc([N+](=O)[O-])cc3)c3ccccc23)SC(=S)N1c1ccc(F)c(Cl)c1. The zero-order valence-corrected chi connectivity index (χ0v) is 20.2. The monoisotopic (exact) mass is 523 g/mol. The molecule has 0 bridgehead atoms. The van der Waals surface area contributed by atoms with Gasteiger partial charge in [0.05, 0.1) is 20.5 Å². The van der Waals surface area contributed by atoms with E-state index in [0.717, 1.165) is 22.0 Å². The van der Waals surface area contributed by atoms with Crippen molar-refractivity contribution in [3.63, 3.8) is 0 Å². The first-order valence-electron chi connectivity index (χ1n) is 10.4. The number of non-ortho nitro benzene ring substituents is 1. The van der Waals surface area contributed by atoms with Crippen LogP contribution in [0.1, 0.15) is 11.1 Å². The van der Waals surface area contributed by atoms with Gasteiger partial charge in [-0.05, 0) is 35.9 Å². The molecule has 1 amide bonds. The molecule has 6 nitrogen and oxygen atoms in total. The highest BCUT2D eigenvalue weighted by molar-refractivity contribution is 8.27. The van der Waals surface area contributed by atoms with Crippen LogP contribution in [0.3, 0.4) is 0 Å². The molecule has 1 aromatic heterocycles. The minimum atomic E-state index is -0.572. The van der Waals surface area contributed by atoms with Gasteiger partial charge in [-0.2, -0.15) is 0 Å². The Kier molecular flexibility index (Phi) is 6.14. The van der Waals surface area contributed by atoms with E-state index in [1.54, 1.807) is 18.2 Å². The van der Waals surface area contributed by atoms with Gasteiger partial charge < -0.3 is 4.57 Å². The second kappa shape index (κ2) is 9.26. The standard InChI is InChI=1S/C25H15ClFN3O3S2/c26-20-12-18(9-10-21(20)27)29-24(31)23(35-25(29)34)11-16-14-28(22-4-2-1-3-19(16)22)13-15-5-7-17(8-6-15)30(32)33/h1-12,14H,13H2/b23-11-. The summed E-state index contributed by atoms with van der Waals surface area (Å²) in [4.78, 5) is 25.5. The summed E-state index contributed by atoms with van der Waals surface area (Å²) in [6.45, 7) is 0.501. The van der Waals surface area contributed by atoms with Gasteiger partial charge >= 0.3 is 0 Å². The van der Waals surface area contributed by atoms with Gasteiger partial charge in [-0.3, -0.25) is 19.8 Å². The number of anilines is 1. The lowest BCUT2D eigenvalue weighted by molar-refractivity contribution is -0.384. The summed E-state index contributed by atoms with van der Waals surface area (Å²) in [5, 5.41) is 11.8. The van der Waals surface area contributed by atoms with Crippen LogP contribution in [0.5, 0.6) is 0 Å². The molecule has 2 heterocycles. The number of thioether (sulfide) groups is 1. The minimum Gasteiger partial charge on any atom is -0.342 e. The van der Waals surface area contributed by atoms with Crippen LogP contribution in [0.4, 0.5) is 15.8 Å². The topological polar surface area (TPSA) is 68.4 Å². The molecular formula is C25H15ClFN3O3S2. The number of hydrogen-bond donors (Lipinski definition) is 0. The maximum atomic E-state index is 13.6. The molecule has 0 saturated carbocycles. The van der Waals surface area contributed by atoms with Crippen molar-refractivity contribution < 1.29 is 14.1 Å². The van der Waals surface area contributed by atoms with Crippen LogP contribution >= 0.6 is 35.6 Å². The maximum absolute atomic E-state index is 13.6. The number of nitro groups is 1. The van der Waals surface area contributed by atoms with Crippen molar-refractivity contribution in [3.8, 4) is 0 Å². The summed E-state index contributed by atoms with van der Waals surface area (Å²) in [6, 6.07) is 18.2. The summed E-state index contributed by atoms with van der Waals surface area (Å²) in [6.07, 6.45) is 3.73. The van der Waals surface area contributed by atoms with Crippen LogP contribution in [0.15, 0.2) is 77.8 Å². The summed E-state index contributed by atoms with van der Waals surface area (Å²) < 4.78 is 16.0. The molecule has 4 aromatic rings. The number of carbonyl (C=O) groups excluding carboxylic acids is 1. The zero-order valence-electron chi connectivity index (χ0n) is 17.9. The van der Waals surface area contributed by atoms with E-state index in [9.17, 15) is 19.3 Å². The van der Waals surface area contributed by atoms with Gasteiger partial charge in [0.1, 0.15) is 5.82 Å². The normalized spacial score (nSPS) is 14.9. The Hall–Kier alpha value is -3.53. The number of amides is 1. The number of benzene rings is 3. The van der Waals surface area contributed by atoms with Gasteiger partial charge in [0, 0.05) is 41.3 Å². The van der Waals surface area contributed by atoms with Crippen molar-refractivity contribution in [2.45, 2.75) is 6.54 Å². The van der Waals surface area contributed by atoms with E-state index in [2.05, 4.69) is 0 Å². The van der Waals surface area contributed by atoms with E-state index in [1.807, 2.05) is 35.0 Å². The minimum absolute atomic E-state index is 0.0382. The highest BCUT2D eigenvalue weighted by Gasteiger charge is 2.33. The van der Waals surface area contributed by atoms with Gasteiger partial charge in [-0.25, -0.2) is 4.39 Å². The number of nitro benzene ring substituents is 1. The van der Waals surface area contributed by atoms with E-state index in [4.69, 9.17) is 23.8 Å². The van der Waals surface area contributed by atoms with E-state index in [-0.39, 0.29) is 16.6 Å². The van der Waals surface area contributed by atoms with Crippen molar-refractivity contribution in [2.75, 3.05) is 4.90 Å². The first kappa shape index (κ1) is 23.2. The predicted molar refractivity (Wildman–Crippen MR) is 141 cm³/mol. The molecule has 0 spiro atoms. The molecule has 1 saturated heterocycles. The van der Waals surface area contributed by atoms with E-state index < -0.39 is 10.7 Å². The number of hydrogen-bond acceptors (Lipinski definition) is 5. The third-order valence-corrected chi connectivity index (χ3v) is 7.15. The first-order chi connectivity index (χ1) is 16.8. The Morgan fingerprint density at radius 2 is 1.86 bits per heavy atom. The fraction of sp³-hybridized carbons (Fsp3) is 0.0400. The maximum Gasteiger partial charge on any atom is 0.270 e. The van der Waals surface area contributed by atoms with Gasteiger partial charge in [-0.1, -0.05) is 65.9 Å². The third-order valence-electron chi connectivity index (χ3n) is 5.56. The van der Waals surface area contributed by atoms with Crippen LogP contribution in [0.25, 0.3) is 17.0 Å². The number of halogens is 2. The number of aromatic nitrogens is 1. The molecule has 0 radical (unpaired) electrons. The highest BCUT2D eigenvalue weighted by Crippen LogP contribution is 2.38. The van der Waals surface area contributed by atoms with Gasteiger partial charge in [0.15, 0.2) is 4.32 Å². The number of nitrogens with zero attached hydrogens (tertiary/aromatic N) is 3. The summed E-state index contributed by atoms with van der Waals surface area (Å²) >= 11 is 12.5. The average Bonchev–Trinajstić information content (AvgIpc) is 3.32. The summed E-state index contributed by atoms with van der Waals surface area (Å²) in [5.41, 5.74) is 3.14. The molecule has 0 unspecified atom stereocenters. The third kappa shape index (κ3) is 4.45. The van der Waals surface area contributed by atoms with Gasteiger partial charge in [0.25, 0.3) is 11.6 Å². The smallest absolute Gasteiger partial charge is 0.270 e. The van der Waals surface area contributed by atoms with Crippen LogP contribution < -0.4 is 4.90 Å². The Morgan fingerprint density at radius 3 is 2.57 bits per heavy atom. The van der Waals surface area contributed by atoms with E-state index in [0.29, 0.717) is 21.5 Å². The number of thiocarbonyl (C=S) groups is 1. The van der Waals surface area contributed by atoms with E-state index in [1.165, 1.54) is 47.0 Å². The summed E-state index contributed by atoms with van der Waals surface area (Å²) in [7, 11) is 0. The van der Waals surface area contributed by atoms with Gasteiger partial charge in [-0.15, -0.1) is 0 Å². The molecule has 0 N–H and O–H groups in total. The average molecular weight is 524 g/mol. The Bertz CT molecular complexity index is 1550. The quantitative estimate of drug-likeness (QED) is 0.125. The lowest BCUT2D eigenvalue weighted by atomic mass is 10.1. The Labute approximate surface area is 213 Å². The number of fused-ring (bicyclic) bond motifs is 1. The molecule has 1 aliphatic rings. The fourth-order valence-electron chi connectivity index (χ4n) is 3.90. The van der Waals surface area contributed by atoms with Crippen LogP contribution in [0, 0.1) is 15.9 Å². The molecule has 10 heteroatoms. The molecule has 5 rings (SSSR count). The Balaban J connectivity index is 1.49. The first-order valence-corrected chi connectivity index (χ1v) is 12.0. The van der Waals surface area contributed by atoms with Crippen LogP contribution in [0.2, 0.25) is 5.02 Å². The fourth-order valence-corrected chi connectivity index (χ4v) is 5.36. The van der Waals surface area contributed by atoms with Crippen molar-refractivity contribution in [1.29, 1.82) is 0 Å². The van der Waals surface area contributed by atoms with Crippen molar-refractivity contribution in [2.24, 2.45) is 0 Å². The second-order valence-corrected chi connectivity index (χ2v) is 9.85. The van der Waals surface area contributed by atoms with Crippen molar-refractivity contribution in [3.05, 3.63) is 110 Å². The van der Waals surface area contributed by atoms with Crippen LogP contribution in [-0.4, -0.2) is 19.7 Å². The number of rotatable bonds is 5. The van der Waals surface area contributed by atoms with Gasteiger partial charge in [0.2, 0.25) is 0 Å². The van der Waals surface area contributed by atoms with Crippen LogP contribution in [-0.2, 0) is 11.3 Å². The Morgan fingerprint density at radius 1 is 1.11 bits per heavy atom. The van der Waals surface area contributed by atoms with E-state index >= 15 is 0 Å². The number of para-hydroxylation sites is 1. The molecule has 0 aliphatic carbocycles. The molecule has 1 aliphatic heterocycles. The molecule has 174 valence electrons. The molecule has 35 heavy (non-hydrogen) atoms. The second-order valence-electron chi connectivity index (χ2n) is 7.77.